The van der Waals surface area contributed by atoms with Gasteiger partial charge in [0.15, 0.2) is 0 Å². The van der Waals surface area contributed by atoms with Crippen LogP contribution in [0.15, 0.2) is 47.4 Å². The molecule has 33 heavy (non-hydrogen) atoms. The quantitative estimate of drug-likeness (QED) is 0.271. The first kappa shape index (κ1) is 24.1. The van der Waals surface area contributed by atoms with Crippen LogP contribution in [0, 0.1) is 0 Å². The van der Waals surface area contributed by atoms with E-state index in [2.05, 4.69) is 5.32 Å². The Labute approximate surface area is 191 Å². The fourth-order valence-electron chi connectivity index (χ4n) is 3.29. The first-order valence-corrected chi connectivity index (χ1v) is 10.7. The van der Waals surface area contributed by atoms with Gasteiger partial charge in [-0.2, -0.15) is 0 Å². The number of carbonyl (C=O) groups is 3. The van der Waals surface area contributed by atoms with Crippen molar-refractivity contribution in [1.29, 1.82) is 0 Å². The fourth-order valence-corrected chi connectivity index (χ4v) is 3.29. The number of hydrogen-bond acceptors (Lipinski definition) is 8. The molecule has 1 aliphatic heterocycles. The molecule has 1 aliphatic rings. The molecule has 1 aromatic heterocycles. The molecule has 3 rings (SSSR count). The Kier molecular flexibility index (Phi) is 8.73. The van der Waals surface area contributed by atoms with Crippen molar-refractivity contribution < 1.29 is 28.6 Å². The topological polar surface area (TPSA) is 116 Å². The summed E-state index contributed by atoms with van der Waals surface area (Å²) in [4.78, 5) is 49.1. The van der Waals surface area contributed by atoms with Gasteiger partial charge in [-0.05, 0) is 25.1 Å². The van der Waals surface area contributed by atoms with Crippen LogP contribution in [0.25, 0.3) is 0 Å². The van der Waals surface area contributed by atoms with Crippen LogP contribution in [-0.2, 0) is 25.5 Å². The molecule has 0 atom stereocenters. The summed E-state index contributed by atoms with van der Waals surface area (Å²) in [5.41, 5.74) is 1.24. The van der Waals surface area contributed by atoms with E-state index in [4.69, 9.17) is 14.2 Å². The molecule has 10 nitrogen and oxygen atoms in total. The highest BCUT2D eigenvalue weighted by Crippen LogP contribution is 2.21. The number of esters is 1. The number of nitrogens with one attached hydrogen (secondary N) is 1. The molecule has 1 N–H and O–H groups in total. The average Bonchev–Trinajstić information content (AvgIpc) is 3.05. The molecule has 176 valence electrons. The summed E-state index contributed by atoms with van der Waals surface area (Å²) in [7, 11) is 0. The van der Waals surface area contributed by atoms with Crippen molar-refractivity contribution in [3.8, 4) is 0 Å². The van der Waals surface area contributed by atoms with Gasteiger partial charge in [-0.1, -0.05) is 12.1 Å². The normalized spacial score (nSPS) is 12.7. The molecule has 0 bridgehead atoms. The van der Waals surface area contributed by atoms with Gasteiger partial charge in [-0.3, -0.25) is 24.1 Å². The van der Waals surface area contributed by atoms with Gasteiger partial charge in [0.1, 0.15) is 6.54 Å². The molecular formula is C23H27N3O7. The van der Waals surface area contributed by atoms with Gasteiger partial charge < -0.3 is 24.1 Å². The second-order valence-corrected chi connectivity index (χ2v) is 7.15. The lowest BCUT2D eigenvalue weighted by Gasteiger charge is -2.14. The van der Waals surface area contributed by atoms with Crippen molar-refractivity contribution in [2.75, 3.05) is 51.4 Å². The number of fused-ring (bicyclic) bond motifs is 1. The van der Waals surface area contributed by atoms with Crippen molar-refractivity contribution in [2.45, 2.75) is 13.5 Å². The van der Waals surface area contributed by atoms with Crippen LogP contribution in [0.1, 0.15) is 27.6 Å². The summed E-state index contributed by atoms with van der Waals surface area (Å²) in [6.45, 7) is 3.82. The van der Waals surface area contributed by atoms with E-state index >= 15 is 0 Å². The Bertz CT molecular complexity index is 1020. The summed E-state index contributed by atoms with van der Waals surface area (Å²) < 4.78 is 17.1. The lowest BCUT2D eigenvalue weighted by Crippen LogP contribution is -2.33. The summed E-state index contributed by atoms with van der Waals surface area (Å²) in [5.74, 6) is -1.06. The zero-order chi connectivity index (χ0) is 23.6. The van der Waals surface area contributed by atoms with Crippen LogP contribution < -0.4 is 10.9 Å². The molecule has 2 heterocycles. The van der Waals surface area contributed by atoms with Gasteiger partial charge in [-0.25, -0.2) is 0 Å². The first-order valence-electron chi connectivity index (χ1n) is 10.7. The summed E-state index contributed by atoms with van der Waals surface area (Å²) in [6, 6.07) is 9.77. The fraction of sp³-hybridized carbons (Fsp3) is 0.391. The zero-order valence-corrected chi connectivity index (χ0v) is 18.5. The standard InChI is InChI=1S/C23H27N3O7/c1-2-33-21(28)16-25-15-17(7-8-20(25)27)24-9-11-31-13-14-32-12-10-26-22(29)18-5-3-4-6-19(18)23(26)30/h3-8,15,24H,2,9-14,16H2,1H3. The van der Waals surface area contributed by atoms with E-state index in [0.717, 1.165) is 0 Å². The van der Waals surface area contributed by atoms with Crippen LogP contribution in [0.3, 0.4) is 0 Å². The van der Waals surface area contributed by atoms with Crippen LogP contribution in [0.5, 0.6) is 0 Å². The Morgan fingerprint density at radius 2 is 1.58 bits per heavy atom. The molecule has 10 heteroatoms. The lowest BCUT2D eigenvalue weighted by molar-refractivity contribution is -0.143. The van der Waals surface area contributed by atoms with Crippen molar-refractivity contribution in [3.05, 3.63) is 64.1 Å². The molecule has 2 amide bonds. The maximum Gasteiger partial charge on any atom is 0.326 e. The number of pyridine rings is 1. The predicted molar refractivity (Wildman–Crippen MR) is 119 cm³/mol. The largest absolute Gasteiger partial charge is 0.465 e. The van der Waals surface area contributed by atoms with Crippen molar-refractivity contribution in [3.63, 3.8) is 0 Å². The number of rotatable bonds is 13. The molecule has 0 spiro atoms. The second-order valence-electron chi connectivity index (χ2n) is 7.15. The van der Waals surface area contributed by atoms with Crippen molar-refractivity contribution in [2.24, 2.45) is 0 Å². The molecule has 0 saturated carbocycles. The predicted octanol–water partition coefficient (Wildman–Crippen LogP) is 1.15. The number of hydrogen-bond donors (Lipinski definition) is 1. The monoisotopic (exact) mass is 457 g/mol. The van der Waals surface area contributed by atoms with Gasteiger partial charge >= 0.3 is 5.97 Å². The lowest BCUT2D eigenvalue weighted by atomic mass is 10.1. The average molecular weight is 457 g/mol. The van der Waals surface area contributed by atoms with Crippen LogP contribution in [0.4, 0.5) is 5.69 Å². The van der Waals surface area contributed by atoms with Crippen LogP contribution >= 0.6 is 0 Å². The van der Waals surface area contributed by atoms with E-state index in [9.17, 15) is 19.2 Å². The van der Waals surface area contributed by atoms with E-state index in [0.29, 0.717) is 43.2 Å². The van der Waals surface area contributed by atoms with Gasteiger partial charge in [0.25, 0.3) is 17.4 Å². The molecule has 0 saturated heterocycles. The number of amides is 2. The number of carbonyl (C=O) groups excluding carboxylic acids is 3. The summed E-state index contributed by atoms with van der Waals surface area (Å²) in [6.07, 6.45) is 1.56. The Morgan fingerprint density at radius 1 is 0.909 bits per heavy atom. The van der Waals surface area contributed by atoms with Crippen molar-refractivity contribution >= 4 is 23.5 Å². The molecular weight excluding hydrogens is 430 g/mol. The number of benzene rings is 1. The molecule has 2 aromatic rings. The van der Waals surface area contributed by atoms with Gasteiger partial charge in [0.05, 0.1) is 56.4 Å². The van der Waals surface area contributed by atoms with Gasteiger partial charge in [-0.15, -0.1) is 0 Å². The third-order valence-corrected chi connectivity index (χ3v) is 4.87. The number of imide groups is 1. The van der Waals surface area contributed by atoms with Crippen molar-refractivity contribution in [1.82, 2.24) is 9.47 Å². The summed E-state index contributed by atoms with van der Waals surface area (Å²) in [5, 5.41) is 3.12. The van der Waals surface area contributed by atoms with Gasteiger partial charge in [0, 0.05) is 18.8 Å². The zero-order valence-electron chi connectivity index (χ0n) is 18.5. The van der Waals surface area contributed by atoms with Crippen LogP contribution in [0.2, 0.25) is 0 Å². The number of ether oxygens (including phenoxy) is 3. The minimum Gasteiger partial charge on any atom is -0.465 e. The van der Waals surface area contributed by atoms with E-state index < -0.39 is 5.97 Å². The minimum atomic E-state index is -0.469. The molecule has 1 aromatic carbocycles. The number of aromatic nitrogens is 1. The SMILES string of the molecule is CCOC(=O)Cn1cc(NCCOCCOCCN2C(=O)c3ccccc3C2=O)ccc1=O. The number of nitrogens with zero attached hydrogens (tertiary/aromatic N) is 2. The maximum absolute atomic E-state index is 12.3. The molecule has 0 radical (unpaired) electrons. The summed E-state index contributed by atoms with van der Waals surface area (Å²) >= 11 is 0. The maximum atomic E-state index is 12.3. The van der Waals surface area contributed by atoms with E-state index in [1.165, 1.54) is 15.5 Å². The Morgan fingerprint density at radius 3 is 2.24 bits per heavy atom. The molecule has 0 aliphatic carbocycles. The van der Waals surface area contributed by atoms with E-state index in [-0.39, 0.29) is 43.7 Å². The van der Waals surface area contributed by atoms with Gasteiger partial charge in [0.2, 0.25) is 0 Å². The smallest absolute Gasteiger partial charge is 0.326 e. The number of anilines is 1. The highest BCUT2D eigenvalue weighted by Gasteiger charge is 2.34. The third kappa shape index (κ3) is 6.50. The minimum absolute atomic E-state index is 0.142. The molecule has 0 unspecified atom stereocenters. The van der Waals surface area contributed by atoms with E-state index in [1.807, 2.05) is 0 Å². The first-order chi connectivity index (χ1) is 16.0. The Hall–Kier alpha value is -3.50. The van der Waals surface area contributed by atoms with Crippen LogP contribution in [-0.4, -0.2) is 73.4 Å². The highest BCUT2D eigenvalue weighted by atomic mass is 16.5. The Balaban J connectivity index is 1.28. The van der Waals surface area contributed by atoms with E-state index in [1.54, 1.807) is 43.5 Å². The second kappa shape index (κ2) is 11.9. The third-order valence-electron chi connectivity index (χ3n) is 4.87. The highest BCUT2D eigenvalue weighted by molar-refractivity contribution is 6.21. The molecule has 0 fully saturated rings.